The topological polar surface area (TPSA) is 133 Å². The van der Waals surface area contributed by atoms with Crippen LogP contribution in [-0.4, -0.2) is 73.7 Å². The van der Waals surface area contributed by atoms with Crippen molar-refractivity contribution >= 4 is 23.2 Å². The number of carbonyl (C=O) groups excluding carboxylic acids is 1. The average Bonchev–Trinajstić information content (AvgIpc) is 3.66. The summed E-state index contributed by atoms with van der Waals surface area (Å²) in [5, 5.41) is 21.5. The molecule has 216 valence electrons. The van der Waals surface area contributed by atoms with Crippen molar-refractivity contribution < 1.29 is 14.4 Å². The molecular formula is C31H34N8O3. The number of hydrogen-bond acceptors (Lipinski definition) is 10. The molecule has 3 aromatic heterocycles. The van der Waals surface area contributed by atoms with Crippen LogP contribution >= 0.6 is 0 Å². The monoisotopic (exact) mass is 566 g/mol. The van der Waals surface area contributed by atoms with Gasteiger partial charge >= 0.3 is 0 Å². The zero-order valence-corrected chi connectivity index (χ0v) is 23.6. The molecule has 0 saturated carbocycles. The minimum absolute atomic E-state index is 0.00807. The molecule has 4 aliphatic rings. The van der Waals surface area contributed by atoms with Crippen LogP contribution in [0.1, 0.15) is 59.7 Å². The summed E-state index contributed by atoms with van der Waals surface area (Å²) in [6.45, 7) is 6.17. The molecule has 11 nitrogen and oxygen atoms in total. The number of aliphatic hydroxyl groups excluding tert-OH is 1. The second-order valence-electron chi connectivity index (χ2n) is 11.3. The summed E-state index contributed by atoms with van der Waals surface area (Å²) in [7, 11) is 0. The van der Waals surface area contributed by atoms with Crippen molar-refractivity contribution in [1.29, 1.82) is 0 Å². The van der Waals surface area contributed by atoms with E-state index in [1.165, 1.54) is 0 Å². The Morgan fingerprint density at radius 2 is 1.81 bits per heavy atom. The third kappa shape index (κ3) is 4.78. The predicted octanol–water partition coefficient (Wildman–Crippen LogP) is 4.13. The highest BCUT2D eigenvalue weighted by Gasteiger charge is 2.44. The van der Waals surface area contributed by atoms with Crippen LogP contribution in [0.2, 0.25) is 0 Å². The maximum Gasteiger partial charge on any atom is 0.261 e. The third-order valence-electron chi connectivity index (χ3n) is 8.94. The van der Waals surface area contributed by atoms with Crippen LogP contribution in [0.3, 0.4) is 0 Å². The van der Waals surface area contributed by atoms with E-state index in [0.29, 0.717) is 47.4 Å². The lowest BCUT2D eigenvalue weighted by molar-refractivity contribution is 0.0747. The number of anilines is 3. The van der Waals surface area contributed by atoms with Gasteiger partial charge in [-0.25, -0.2) is 9.97 Å². The van der Waals surface area contributed by atoms with Gasteiger partial charge in [0, 0.05) is 24.2 Å². The summed E-state index contributed by atoms with van der Waals surface area (Å²) < 4.78 is 5.86. The quantitative estimate of drug-likeness (QED) is 0.272. The van der Waals surface area contributed by atoms with Crippen molar-refractivity contribution in [1.82, 2.24) is 29.9 Å². The summed E-state index contributed by atoms with van der Waals surface area (Å²) >= 11 is 0. The molecule has 3 saturated heterocycles. The van der Waals surface area contributed by atoms with Crippen molar-refractivity contribution in [3.8, 4) is 11.5 Å². The van der Waals surface area contributed by atoms with Gasteiger partial charge in [0.2, 0.25) is 0 Å². The average molecular weight is 567 g/mol. The number of nitrogens with zero attached hydrogens (tertiary/aromatic N) is 6. The number of hydrogen-bond donors (Lipinski definition) is 3. The Balaban J connectivity index is 1.21. The van der Waals surface area contributed by atoms with Crippen molar-refractivity contribution in [2.75, 3.05) is 43.4 Å². The van der Waals surface area contributed by atoms with Crippen LogP contribution < -0.4 is 10.6 Å². The highest BCUT2D eigenvalue weighted by molar-refractivity contribution is 5.98. The molecule has 1 unspecified atom stereocenters. The van der Waals surface area contributed by atoms with Crippen molar-refractivity contribution in [3.63, 3.8) is 0 Å². The number of aliphatic hydroxyl groups is 1. The number of rotatable bonds is 9. The van der Waals surface area contributed by atoms with Gasteiger partial charge in [-0.05, 0) is 63.5 Å². The van der Waals surface area contributed by atoms with Gasteiger partial charge in [0.15, 0.2) is 5.82 Å². The molecule has 0 spiro atoms. The summed E-state index contributed by atoms with van der Waals surface area (Å²) in [6, 6.07) is 14.9. The van der Waals surface area contributed by atoms with E-state index in [1.807, 2.05) is 49.4 Å². The molecule has 2 bridgehead atoms. The van der Waals surface area contributed by atoms with Gasteiger partial charge in [-0.1, -0.05) is 35.5 Å². The summed E-state index contributed by atoms with van der Waals surface area (Å²) in [4.78, 5) is 31.0. The molecule has 7 heterocycles. The van der Waals surface area contributed by atoms with E-state index in [9.17, 15) is 9.90 Å². The predicted molar refractivity (Wildman–Crippen MR) is 157 cm³/mol. The molecular weight excluding hydrogens is 532 g/mol. The zero-order valence-electron chi connectivity index (χ0n) is 23.6. The van der Waals surface area contributed by atoms with E-state index in [2.05, 4.69) is 30.7 Å². The zero-order chi connectivity index (χ0) is 28.7. The number of aromatic nitrogens is 4. The molecule has 4 aromatic rings. The minimum atomic E-state index is -0.368. The second kappa shape index (κ2) is 10.8. The smallest absolute Gasteiger partial charge is 0.261 e. The standard InChI is InChI=1S/C31H34N8O3/c1-2-39-18-24-21(29(39)41)8-9-26(34-24)35-27-16-23(33-25(19-40)20-6-4-3-5-7-20)22(17-32-27)28-36-30(37-42-28)31-10-13-38(14-11-31)15-12-31/h3-9,16-17,25,40H,2,10-15,18-19H2,1H3,(H2,32,33,34,35). The fourth-order valence-electron chi connectivity index (χ4n) is 6.33. The van der Waals surface area contributed by atoms with Crippen LogP contribution in [-0.2, 0) is 12.0 Å². The first-order valence-corrected chi connectivity index (χ1v) is 14.6. The van der Waals surface area contributed by atoms with Crippen LogP contribution in [0.15, 0.2) is 59.3 Å². The lowest BCUT2D eigenvalue weighted by Gasteiger charge is -2.46. The molecule has 3 N–H and O–H groups in total. The van der Waals surface area contributed by atoms with E-state index in [4.69, 9.17) is 9.51 Å². The van der Waals surface area contributed by atoms with E-state index in [-0.39, 0.29) is 24.0 Å². The number of piperidine rings is 3. The molecule has 0 aliphatic carbocycles. The Hall–Kier alpha value is -4.35. The molecule has 4 aliphatic heterocycles. The van der Waals surface area contributed by atoms with E-state index in [0.717, 1.165) is 56.0 Å². The van der Waals surface area contributed by atoms with Crippen LogP contribution in [0.5, 0.6) is 0 Å². The van der Waals surface area contributed by atoms with Crippen LogP contribution in [0, 0.1) is 0 Å². The fraction of sp³-hybridized carbons (Fsp3) is 0.387. The summed E-state index contributed by atoms with van der Waals surface area (Å²) in [5.74, 6) is 2.31. The van der Waals surface area contributed by atoms with Gasteiger partial charge in [-0.15, -0.1) is 0 Å². The third-order valence-corrected chi connectivity index (χ3v) is 8.94. The van der Waals surface area contributed by atoms with Crippen molar-refractivity contribution in [2.24, 2.45) is 0 Å². The lowest BCUT2D eigenvalue weighted by Crippen LogP contribution is -2.51. The van der Waals surface area contributed by atoms with Gasteiger partial charge in [0.1, 0.15) is 11.6 Å². The Kier molecular flexibility index (Phi) is 6.83. The molecule has 8 rings (SSSR count). The van der Waals surface area contributed by atoms with Crippen LogP contribution in [0.25, 0.3) is 11.5 Å². The maximum atomic E-state index is 12.5. The molecule has 42 heavy (non-hydrogen) atoms. The number of fused-ring (bicyclic) bond motifs is 4. The highest BCUT2D eigenvalue weighted by atomic mass is 16.5. The summed E-state index contributed by atoms with van der Waals surface area (Å²) in [5.41, 5.74) is 3.64. The lowest BCUT2D eigenvalue weighted by atomic mass is 9.71. The fourth-order valence-corrected chi connectivity index (χ4v) is 6.33. The molecule has 0 radical (unpaired) electrons. The number of benzene rings is 1. The number of carbonyl (C=O) groups is 1. The normalized spacial score (nSPS) is 21.8. The minimum Gasteiger partial charge on any atom is -0.394 e. The number of amides is 1. The summed E-state index contributed by atoms with van der Waals surface area (Å²) in [6.07, 6.45) is 4.81. The first-order valence-electron chi connectivity index (χ1n) is 14.6. The number of nitrogens with one attached hydrogen (secondary N) is 2. The van der Waals surface area contributed by atoms with Crippen molar-refractivity contribution in [3.05, 3.63) is 77.4 Å². The largest absolute Gasteiger partial charge is 0.394 e. The Bertz CT molecular complexity index is 1590. The SMILES string of the molecule is CCN1Cc2nc(Nc3cc(NC(CO)c4ccccc4)c(-c4nc(C56CCN(CC5)CC6)no4)cn3)ccc2C1=O. The Morgan fingerprint density at radius 3 is 2.55 bits per heavy atom. The van der Waals surface area contributed by atoms with Gasteiger partial charge in [-0.3, -0.25) is 4.79 Å². The Labute approximate surface area is 244 Å². The van der Waals surface area contributed by atoms with Crippen LogP contribution in [0.4, 0.5) is 17.3 Å². The van der Waals surface area contributed by atoms with Gasteiger partial charge < -0.3 is 30.1 Å². The van der Waals surface area contributed by atoms with E-state index < -0.39 is 0 Å². The number of pyridine rings is 2. The molecule has 3 fully saturated rings. The van der Waals surface area contributed by atoms with Gasteiger partial charge in [0.25, 0.3) is 11.8 Å². The van der Waals surface area contributed by atoms with E-state index >= 15 is 0 Å². The van der Waals surface area contributed by atoms with Gasteiger partial charge in [0.05, 0.1) is 41.7 Å². The second-order valence-corrected chi connectivity index (χ2v) is 11.3. The Morgan fingerprint density at radius 1 is 1.02 bits per heavy atom. The first-order chi connectivity index (χ1) is 20.5. The molecule has 1 atom stereocenters. The maximum absolute atomic E-state index is 12.5. The highest BCUT2D eigenvalue weighted by Crippen LogP contribution is 2.42. The molecule has 1 aromatic carbocycles. The van der Waals surface area contributed by atoms with Crippen molar-refractivity contribution in [2.45, 2.75) is 44.2 Å². The molecule has 1 amide bonds. The first kappa shape index (κ1) is 26.5. The van der Waals surface area contributed by atoms with E-state index in [1.54, 1.807) is 17.2 Å². The van der Waals surface area contributed by atoms with Gasteiger partial charge in [-0.2, -0.15) is 4.98 Å². The molecule has 11 heteroatoms.